The average Bonchev–Trinajstić information content (AvgIpc) is 2.53. The molecular formula is C22H38N2O4. The summed E-state index contributed by atoms with van der Waals surface area (Å²) in [5.74, 6) is 0.868. The summed E-state index contributed by atoms with van der Waals surface area (Å²) in [5, 5.41) is 14.1. The zero-order chi connectivity index (χ0) is 20.7. The van der Waals surface area contributed by atoms with Gasteiger partial charge in [0, 0.05) is 18.5 Å². The van der Waals surface area contributed by atoms with Crippen LogP contribution in [-0.4, -0.2) is 52.3 Å². The molecule has 2 N–H and O–H groups in total. The predicted molar refractivity (Wildman–Crippen MR) is 108 cm³/mol. The molecule has 2 unspecified atom stereocenters. The first kappa shape index (κ1) is 21.4. The fourth-order valence-corrected chi connectivity index (χ4v) is 6.40. The van der Waals surface area contributed by atoms with Crippen LogP contribution in [0.2, 0.25) is 0 Å². The van der Waals surface area contributed by atoms with Gasteiger partial charge in [-0.15, -0.1) is 0 Å². The molecule has 0 spiro atoms. The van der Waals surface area contributed by atoms with Gasteiger partial charge in [-0.2, -0.15) is 0 Å². The Morgan fingerprint density at radius 3 is 2.25 bits per heavy atom. The molecule has 0 heterocycles. The highest BCUT2D eigenvalue weighted by molar-refractivity contribution is 5.87. The van der Waals surface area contributed by atoms with Crippen molar-refractivity contribution >= 4 is 12.0 Å². The SMILES string of the molecule is CCCN(CC)C(=O)[C@@H](NC(=O)OC(C)(C)C)C12CC3CC(CC(O)(C3)C1)C2. The minimum atomic E-state index is -0.681. The van der Waals surface area contributed by atoms with Crippen LogP contribution >= 0.6 is 0 Å². The molecule has 2 amide bonds. The van der Waals surface area contributed by atoms with Gasteiger partial charge in [-0.25, -0.2) is 4.79 Å². The highest BCUT2D eigenvalue weighted by Gasteiger charge is 2.61. The lowest BCUT2D eigenvalue weighted by atomic mass is 9.46. The Hall–Kier alpha value is -1.30. The first-order valence-corrected chi connectivity index (χ1v) is 11.0. The van der Waals surface area contributed by atoms with Crippen molar-refractivity contribution in [3.63, 3.8) is 0 Å². The number of nitrogens with one attached hydrogen (secondary N) is 1. The molecule has 4 bridgehead atoms. The second-order valence-electron chi connectivity index (χ2n) is 10.5. The third kappa shape index (κ3) is 4.32. The number of hydrogen-bond acceptors (Lipinski definition) is 4. The van der Waals surface area contributed by atoms with Crippen molar-refractivity contribution in [3.05, 3.63) is 0 Å². The van der Waals surface area contributed by atoms with Crippen LogP contribution in [0.25, 0.3) is 0 Å². The summed E-state index contributed by atoms with van der Waals surface area (Å²) in [6.45, 7) is 10.8. The zero-order valence-corrected chi connectivity index (χ0v) is 18.2. The third-order valence-electron chi connectivity index (χ3n) is 6.78. The lowest BCUT2D eigenvalue weighted by Gasteiger charge is -2.62. The van der Waals surface area contributed by atoms with Gasteiger partial charge < -0.3 is 20.1 Å². The Morgan fingerprint density at radius 2 is 1.79 bits per heavy atom. The van der Waals surface area contributed by atoms with Gasteiger partial charge in [-0.1, -0.05) is 6.92 Å². The molecule has 4 aliphatic carbocycles. The van der Waals surface area contributed by atoms with Gasteiger partial charge in [0.2, 0.25) is 5.91 Å². The highest BCUT2D eigenvalue weighted by Crippen LogP contribution is 2.63. The van der Waals surface area contributed by atoms with Gasteiger partial charge in [-0.3, -0.25) is 4.79 Å². The number of nitrogens with zero attached hydrogens (tertiary/aromatic N) is 1. The van der Waals surface area contributed by atoms with Crippen LogP contribution in [0.1, 0.15) is 79.6 Å². The number of carbonyl (C=O) groups excluding carboxylic acids is 2. The molecule has 3 atom stereocenters. The minimum absolute atomic E-state index is 0.0271. The quantitative estimate of drug-likeness (QED) is 0.723. The van der Waals surface area contributed by atoms with E-state index in [1.165, 1.54) is 0 Å². The molecule has 0 aromatic carbocycles. The number of ether oxygens (including phenoxy) is 1. The molecular weight excluding hydrogens is 356 g/mol. The molecule has 0 aromatic heterocycles. The highest BCUT2D eigenvalue weighted by atomic mass is 16.6. The van der Waals surface area contributed by atoms with Crippen molar-refractivity contribution in [1.82, 2.24) is 10.2 Å². The van der Waals surface area contributed by atoms with Crippen LogP contribution in [-0.2, 0) is 9.53 Å². The summed E-state index contributed by atoms with van der Waals surface area (Å²) in [6.07, 6.45) is 5.56. The number of alkyl carbamates (subject to hydrolysis) is 1. The van der Waals surface area contributed by atoms with Crippen LogP contribution in [0.15, 0.2) is 0 Å². The van der Waals surface area contributed by atoms with Gasteiger partial charge >= 0.3 is 6.09 Å². The molecule has 28 heavy (non-hydrogen) atoms. The van der Waals surface area contributed by atoms with Crippen LogP contribution in [0.3, 0.4) is 0 Å². The Balaban J connectivity index is 1.89. The van der Waals surface area contributed by atoms with Crippen LogP contribution in [0.4, 0.5) is 4.79 Å². The number of carbonyl (C=O) groups is 2. The topological polar surface area (TPSA) is 78.9 Å². The molecule has 6 nitrogen and oxygen atoms in total. The maximum atomic E-state index is 13.6. The van der Waals surface area contributed by atoms with Crippen LogP contribution < -0.4 is 5.32 Å². The molecule has 4 fully saturated rings. The maximum absolute atomic E-state index is 13.6. The molecule has 0 saturated heterocycles. The average molecular weight is 395 g/mol. The van der Waals surface area contributed by atoms with Crippen molar-refractivity contribution in [2.24, 2.45) is 17.3 Å². The van der Waals surface area contributed by atoms with Gasteiger partial charge in [-0.05, 0) is 84.5 Å². The Kier molecular flexibility index (Phi) is 5.74. The second kappa shape index (κ2) is 7.51. The van der Waals surface area contributed by atoms with E-state index in [2.05, 4.69) is 12.2 Å². The summed E-state index contributed by atoms with van der Waals surface area (Å²) in [5.41, 5.74) is -1.67. The summed E-state index contributed by atoms with van der Waals surface area (Å²) >= 11 is 0. The van der Waals surface area contributed by atoms with Gasteiger partial charge in [0.1, 0.15) is 11.6 Å². The lowest BCUT2D eigenvalue weighted by molar-refractivity contribution is -0.180. The number of aliphatic hydroxyl groups is 1. The Morgan fingerprint density at radius 1 is 1.18 bits per heavy atom. The maximum Gasteiger partial charge on any atom is 0.408 e. The monoisotopic (exact) mass is 394 g/mol. The number of rotatable bonds is 6. The smallest absolute Gasteiger partial charge is 0.408 e. The lowest BCUT2D eigenvalue weighted by Crippen LogP contribution is -2.66. The fourth-order valence-electron chi connectivity index (χ4n) is 6.40. The largest absolute Gasteiger partial charge is 0.444 e. The van der Waals surface area contributed by atoms with Crippen molar-refractivity contribution in [2.45, 2.75) is 96.8 Å². The van der Waals surface area contributed by atoms with Crippen molar-refractivity contribution in [3.8, 4) is 0 Å². The summed E-state index contributed by atoms with van der Waals surface area (Å²) in [6, 6.07) is -0.633. The van der Waals surface area contributed by atoms with E-state index in [1.54, 1.807) is 0 Å². The van der Waals surface area contributed by atoms with Crippen LogP contribution in [0.5, 0.6) is 0 Å². The number of amides is 2. The molecule has 4 aliphatic rings. The van der Waals surface area contributed by atoms with E-state index in [0.717, 1.165) is 38.5 Å². The number of hydrogen-bond donors (Lipinski definition) is 2. The Bertz CT molecular complexity index is 598. The number of likely N-dealkylation sites (N-methyl/N-ethyl adjacent to an activating group) is 1. The first-order chi connectivity index (χ1) is 13.0. The summed E-state index contributed by atoms with van der Waals surface area (Å²) in [7, 11) is 0. The molecule has 0 aliphatic heterocycles. The van der Waals surface area contributed by atoms with E-state index >= 15 is 0 Å². The van der Waals surface area contributed by atoms with E-state index < -0.39 is 23.3 Å². The van der Waals surface area contributed by atoms with Crippen molar-refractivity contribution < 1.29 is 19.4 Å². The predicted octanol–water partition coefficient (Wildman–Crippen LogP) is 3.47. The zero-order valence-electron chi connectivity index (χ0n) is 18.2. The summed E-state index contributed by atoms with van der Waals surface area (Å²) in [4.78, 5) is 28.0. The van der Waals surface area contributed by atoms with Crippen molar-refractivity contribution in [1.29, 1.82) is 0 Å². The molecule has 0 aromatic rings. The first-order valence-electron chi connectivity index (χ1n) is 11.0. The van der Waals surface area contributed by atoms with Gasteiger partial charge in [0.25, 0.3) is 0 Å². The fraction of sp³-hybridized carbons (Fsp3) is 0.909. The second-order valence-corrected chi connectivity index (χ2v) is 10.5. The van der Waals surface area contributed by atoms with E-state index in [0.29, 0.717) is 31.3 Å². The van der Waals surface area contributed by atoms with Crippen molar-refractivity contribution in [2.75, 3.05) is 13.1 Å². The van der Waals surface area contributed by atoms with E-state index in [4.69, 9.17) is 4.74 Å². The Labute approximate surface area is 169 Å². The third-order valence-corrected chi connectivity index (χ3v) is 6.78. The summed E-state index contributed by atoms with van der Waals surface area (Å²) < 4.78 is 5.50. The standard InChI is InChI=1S/C22H38N2O4/c1-6-8-24(7-2)18(25)17(23-19(26)28-20(3,4)5)21-10-15-9-16(11-21)13-22(27,12-15)14-21/h15-17,27H,6-14H2,1-5H3,(H,23,26)/t15?,16?,17-,21?,22?/m1/s1. The van der Waals surface area contributed by atoms with Gasteiger partial charge in [0.05, 0.1) is 5.60 Å². The molecule has 6 heteroatoms. The van der Waals surface area contributed by atoms with E-state index in [1.807, 2.05) is 32.6 Å². The normalized spacial score (nSPS) is 34.8. The van der Waals surface area contributed by atoms with Gasteiger partial charge in [0.15, 0.2) is 0 Å². The minimum Gasteiger partial charge on any atom is -0.444 e. The van der Waals surface area contributed by atoms with E-state index in [-0.39, 0.29) is 11.3 Å². The molecule has 4 saturated carbocycles. The molecule has 0 radical (unpaired) electrons. The molecule has 4 rings (SSSR count). The molecule has 160 valence electrons. The van der Waals surface area contributed by atoms with Crippen LogP contribution in [0, 0.1) is 17.3 Å². The van der Waals surface area contributed by atoms with E-state index in [9.17, 15) is 14.7 Å².